The van der Waals surface area contributed by atoms with Gasteiger partial charge in [0.1, 0.15) is 5.82 Å². The van der Waals surface area contributed by atoms with Crippen LogP contribution in [0.1, 0.15) is 10.7 Å². The van der Waals surface area contributed by atoms with Crippen LogP contribution >= 0.6 is 11.3 Å². The normalized spacial score (nSPS) is 10.2. The van der Waals surface area contributed by atoms with Gasteiger partial charge >= 0.3 is 0 Å². The van der Waals surface area contributed by atoms with Crippen molar-refractivity contribution in [3.05, 3.63) is 34.4 Å². The predicted octanol–water partition coefficient (Wildman–Crippen LogP) is 1.90. The van der Waals surface area contributed by atoms with Crippen LogP contribution in [0.4, 0.5) is 5.82 Å². The molecule has 15 heavy (non-hydrogen) atoms. The number of hydrogen-bond donors (Lipinski definition) is 1. The van der Waals surface area contributed by atoms with E-state index >= 15 is 0 Å². The van der Waals surface area contributed by atoms with Crippen LogP contribution in [0.3, 0.4) is 0 Å². The van der Waals surface area contributed by atoms with E-state index in [1.165, 1.54) is 0 Å². The topological polar surface area (TPSA) is 50.7 Å². The summed E-state index contributed by atoms with van der Waals surface area (Å²) >= 11 is 1.68. The molecule has 0 aliphatic rings. The van der Waals surface area contributed by atoms with E-state index in [1.54, 1.807) is 17.5 Å². The van der Waals surface area contributed by atoms with Crippen LogP contribution < -0.4 is 5.32 Å². The molecule has 0 radical (unpaired) electrons. The standard InChI is InChI=1S/C10H12N4S/c1-8-13-9(7-15-8)4-6-11-10-3-2-5-12-14-10/h2-3,5,7H,4,6H2,1H3,(H,11,14). The summed E-state index contributed by atoms with van der Waals surface area (Å²) in [7, 11) is 0. The van der Waals surface area contributed by atoms with E-state index < -0.39 is 0 Å². The lowest BCUT2D eigenvalue weighted by molar-refractivity contribution is 0.940. The fourth-order valence-corrected chi connectivity index (χ4v) is 1.88. The first-order chi connectivity index (χ1) is 7.34. The van der Waals surface area contributed by atoms with E-state index in [-0.39, 0.29) is 0 Å². The maximum atomic E-state index is 4.38. The van der Waals surface area contributed by atoms with E-state index in [1.807, 2.05) is 19.1 Å². The van der Waals surface area contributed by atoms with Crippen molar-refractivity contribution in [2.24, 2.45) is 0 Å². The molecule has 0 atom stereocenters. The van der Waals surface area contributed by atoms with Crippen molar-refractivity contribution >= 4 is 17.2 Å². The first-order valence-corrected chi connectivity index (χ1v) is 5.65. The first-order valence-electron chi connectivity index (χ1n) is 4.77. The van der Waals surface area contributed by atoms with Crippen LogP contribution in [-0.2, 0) is 6.42 Å². The van der Waals surface area contributed by atoms with Crippen molar-refractivity contribution in [2.75, 3.05) is 11.9 Å². The Labute approximate surface area is 92.4 Å². The molecule has 0 aliphatic carbocycles. The second-order valence-corrected chi connectivity index (χ2v) is 4.21. The molecule has 0 bridgehead atoms. The molecule has 0 saturated heterocycles. The van der Waals surface area contributed by atoms with Crippen molar-refractivity contribution in [1.82, 2.24) is 15.2 Å². The third-order valence-electron chi connectivity index (χ3n) is 1.93. The highest BCUT2D eigenvalue weighted by atomic mass is 32.1. The lowest BCUT2D eigenvalue weighted by Crippen LogP contribution is -2.06. The number of rotatable bonds is 4. The Balaban J connectivity index is 1.80. The summed E-state index contributed by atoms with van der Waals surface area (Å²) < 4.78 is 0. The van der Waals surface area contributed by atoms with Crippen LogP contribution in [0.15, 0.2) is 23.7 Å². The summed E-state index contributed by atoms with van der Waals surface area (Å²) in [5.74, 6) is 0.810. The second kappa shape index (κ2) is 4.84. The van der Waals surface area contributed by atoms with Gasteiger partial charge in [-0.3, -0.25) is 0 Å². The van der Waals surface area contributed by atoms with E-state index in [2.05, 4.69) is 25.9 Å². The van der Waals surface area contributed by atoms with Crippen molar-refractivity contribution in [3.8, 4) is 0 Å². The van der Waals surface area contributed by atoms with Crippen LogP contribution in [-0.4, -0.2) is 21.7 Å². The zero-order valence-electron chi connectivity index (χ0n) is 8.47. The molecule has 0 spiro atoms. The molecule has 2 aromatic rings. The Kier molecular flexibility index (Phi) is 3.24. The van der Waals surface area contributed by atoms with Gasteiger partial charge in [0.25, 0.3) is 0 Å². The molecular formula is C10H12N4S. The van der Waals surface area contributed by atoms with Gasteiger partial charge in [0, 0.05) is 24.5 Å². The van der Waals surface area contributed by atoms with Gasteiger partial charge in [-0.25, -0.2) is 4.98 Å². The minimum Gasteiger partial charge on any atom is -0.368 e. The summed E-state index contributed by atoms with van der Waals surface area (Å²) in [6.07, 6.45) is 2.58. The highest BCUT2D eigenvalue weighted by molar-refractivity contribution is 7.09. The molecule has 0 amide bonds. The first kappa shape index (κ1) is 10.0. The van der Waals surface area contributed by atoms with Gasteiger partial charge in [0.15, 0.2) is 0 Å². The minimum atomic E-state index is 0.810. The molecule has 1 N–H and O–H groups in total. The highest BCUT2D eigenvalue weighted by Gasteiger charge is 1.98. The number of aryl methyl sites for hydroxylation is 1. The molecule has 0 saturated carbocycles. The molecule has 2 aromatic heterocycles. The summed E-state index contributed by atoms with van der Waals surface area (Å²) in [4.78, 5) is 4.38. The molecule has 5 heteroatoms. The Hall–Kier alpha value is -1.49. The summed E-state index contributed by atoms with van der Waals surface area (Å²) in [6.45, 7) is 2.85. The maximum absolute atomic E-state index is 4.38. The summed E-state index contributed by atoms with van der Waals surface area (Å²) in [6, 6.07) is 3.77. The Morgan fingerprint density at radius 1 is 1.47 bits per heavy atom. The SMILES string of the molecule is Cc1nc(CCNc2cccnn2)cs1. The molecule has 0 fully saturated rings. The van der Waals surface area contributed by atoms with Crippen LogP contribution in [0.5, 0.6) is 0 Å². The molecule has 2 rings (SSSR count). The van der Waals surface area contributed by atoms with Gasteiger partial charge in [-0.05, 0) is 19.1 Å². The average molecular weight is 220 g/mol. The summed E-state index contributed by atoms with van der Waals surface area (Å²) in [5.41, 5.74) is 1.13. The maximum Gasteiger partial charge on any atom is 0.148 e. The van der Waals surface area contributed by atoms with Gasteiger partial charge in [-0.2, -0.15) is 5.10 Å². The van der Waals surface area contributed by atoms with Gasteiger partial charge < -0.3 is 5.32 Å². The minimum absolute atomic E-state index is 0.810. The molecule has 78 valence electrons. The zero-order valence-corrected chi connectivity index (χ0v) is 9.29. The van der Waals surface area contributed by atoms with Gasteiger partial charge in [-0.15, -0.1) is 16.4 Å². The number of aromatic nitrogens is 3. The lowest BCUT2D eigenvalue weighted by atomic mass is 10.3. The number of thiazole rings is 1. The smallest absolute Gasteiger partial charge is 0.148 e. The van der Waals surface area contributed by atoms with E-state index in [0.717, 1.165) is 29.5 Å². The Bertz CT molecular complexity index is 412. The van der Waals surface area contributed by atoms with Crippen molar-refractivity contribution in [2.45, 2.75) is 13.3 Å². The largest absolute Gasteiger partial charge is 0.368 e. The molecule has 0 aromatic carbocycles. The fourth-order valence-electron chi connectivity index (χ4n) is 1.24. The molecule has 4 nitrogen and oxygen atoms in total. The molecule has 2 heterocycles. The number of nitrogens with zero attached hydrogens (tertiary/aromatic N) is 3. The van der Waals surface area contributed by atoms with Gasteiger partial charge in [-0.1, -0.05) is 0 Å². The fraction of sp³-hybridized carbons (Fsp3) is 0.300. The lowest BCUT2D eigenvalue weighted by Gasteiger charge is -2.01. The monoisotopic (exact) mass is 220 g/mol. The molecular weight excluding hydrogens is 208 g/mol. The number of nitrogens with one attached hydrogen (secondary N) is 1. The number of hydrogen-bond acceptors (Lipinski definition) is 5. The van der Waals surface area contributed by atoms with Crippen LogP contribution in [0.25, 0.3) is 0 Å². The highest BCUT2D eigenvalue weighted by Crippen LogP contribution is 2.08. The van der Waals surface area contributed by atoms with Crippen molar-refractivity contribution in [3.63, 3.8) is 0 Å². The summed E-state index contributed by atoms with van der Waals surface area (Å²) in [5, 5.41) is 14.1. The third kappa shape index (κ3) is 2.99. The second-order valence-electron chi connectivity index (χ2n) is 3.14. The molecule has 0 aliphatic heterocycles. The predicted molar refractivity (Wildman–Crippen MR) is 61.1 cm³/mol. The molecule has 0 unspecified atom stereocenters. The third-order valence-corrected chi connectivity index (χ3v) is 2.75. The average Bonchev–Trinajstić information content (AvgIpc) is 2.66. The van der Waals surface area contributed by atoms with E-state index in [4.69, 9.17) is 0 Å². The Morgan fingerprint density at radius 3 is 3.07 bits per heavy atom. The zero-order chi connectivity index (χ0) is 10.5. The van der Waals surface area contributed by atoms with E-state index in [9.17, 15) is 0 Å². The Morgan fingerprint density at radius 2 is 2.40 bits per heavy atom. The van der Waals surface area contributed by atoms with Crippen LogP contribution in [0.2, 0.25) is 0 Å². The van der Waals surface area contributed by atoms with Crippen LogP contribution in [0, 0.1) is 6.92 Å². The van der Waals surface area contributed by atoms with Crippen molar-refractivity contribution in [1.29, 1.82) is 0 Å². The number of anilines is 1. The van der Waals surface area contributed by atoms with Gasteiger partial charge in [0.05, 0.1) is 10.7 Å². The van der Waals surface area contributed by atoms with Crippen molar-refractivity contribution < 1.29 is 0 Å². The van der Waals surface area contributed by atoms with E-state index in [0.29, 0.717) is 0 Å². The van der Waals surface area contributed by atoms with Gasteiger partial charge in [0.2, 0.25) is 0 Å². The quantitative estimate of drug-likeness (QED) is 0.855.